The lowest BCUT2D eigenvalue weighted by Gasteiger charge is -2.06. The van der Waals surface area contributed by atoms with Crippen molar-refractivity contribution in [3.05, 3.63) is 35.0 Å². The standard InChI is InChI=1S/C19H26N2O3/c1-13-14(2)21-18-15(13)9-8-10-16(18)19(24)20-12-7-5-3-4-6-11-17(22)23/h8-10,21H,3-7,11-12H2,1-2H3,(H,20,24)(H,22,23). The third kappa shape index (κ3) is 4.60. The van der Waals surface area contributed by atoms with Crippen LogP contribution in [0, 0.1) is 13.8 Å². The third-order valence-electron chi connectivity index (χ3n) is 4.44. The fourth-order valence-corrected chi connectivity index (χ4v) is 2.90. The van der Waals surface area contributed by atoms with Gasteiger partial charge in [-0.15, -0.1) is 0 Å². The summed E-state index contributed by atoms with van der Waals surface area (Å²) in [6.07, 6.45) is 4.83. The van der Waals surface area contributed by atoms with Gasteiger partial charge in [0.05, 0.1) is 11.1 Å². The van der Waals surface area contributed by atoms with Crippen LogP contribution >= 0.6 is 0 Å². The van der Waals surface area contributed by atoms with Gasteiger partial charge in [-0.2, -0.15) is 0 Å². The Morgan fingerprint density at radius 2 is 1.79 bits per heavy atom. The van der Waals surface area contributed by atoms with Gasteiger partial charge in [0.2, 0.25) is 0 Å². The highest BCUT2D eigenvalue weighted by atomic mass is 16.4. The van der Waals surface area contributed by atoms with Crippen LogP contribution < -0.4 is 5.32 Å². The number of hydrogen-bond acceptors (Lipinski definition) is 2. The molecule has 130 valence electrons. The summed E-state index contributed by atoms with van der Waals surface area (Å²) in [6.45, 7) is 4.72. The maximum Gasteiger partial charge on any atom is 0.303 e. The second-order valence-corrected chi connectivity index (χ2v) is 6.27. The number of carboxylic acid groups (broad SMARTS) is 1. The molecule has 0 fully saturated rings. The number of carbonyl (C=O) groups is 2. The van der Waals surface area contributed by atoms with Crippen molar-refractivity contribution >= 4 is 22.8 Å². The number of benzene rings is 1. The number of H-pyrrole nitrogens is 1. The van der Waals surface area contributed by atoms with Gasteiger partial charge >= 0.3 is 5.97 Å². The van der Waals surface area contributed by atoms with Gasteiger partial charge in [-0.3, -0.25) is 9.59 Å². The number of aliphatic carboxylic acids is 1. The molecule has 1 heterocycles. The van der Waals surface area contributed by atoms with E-state index in [0.717, 1.165) is 48.7 Å². The summed E-state index contributed by atoms with van der Waals surface area (Å²) >= 11 is 0. The minimum absolute atomic E-state index is 0.0484. The fraction of sp³-hybridized carbons (Fsp3) is 0.474. The number of unbranched alkanes of at least 4 members (excludes halogenated alkanes) is 4. The monoisotopic (exact) mass is 330 g/mol. The smallest absolute Gasteiger partial charge is 0.303 e. The Hall–Kier alpha value is -2.30. The zero-order valence-electron chi connectivity index (χ0n) is 14.4. The number of rotatable bonds is 9. The number of aromatic nitrogens is 1. The largest absolute Gasteiger partial charge is 0.481 e. The Bertz CT molecular complexity index is 719. The first-order valence-electron chi connectivity index (χ1n) is 8.58. The fourth-order valence-electron chi connectivity index (χ4n) is 2.90. The van der Waals surface area contributed by atoms with Crippen molar-refractivity contribution in [2.45, 2.75) is 52.4 Å². The number of nitrogens with one attached hydrogen (secondary N) is 2. The van der Waals surface area contributed by atoms with Crippen molar-refractivity contribution < 1.29 is 14.7 Å². The molecule has 0 aliphatic carbocycles. The van der Waals surface area contributed by atoms with Crippen LogP contribution in [0.25, 0.3) is 10.9 Å². The summed E-state index contributed by atoms with van der Waals surface area (Å²) in [5.74, 6) is -0.779. The lowest BCUT2D eigenvalue weighted by atomic mass is 10.1. The van der Waals surface area contributed by atoms with E-state index in [2.05, 4.69) is 17.2 Å². The molecule has 0 saturated carbocycles. The molecular formula is C19H26N2O3. The lowest BCUT2D eigenvalue weighted by molar-refractivity contribution is -0.137. The van der Waals surface area contributed by atoms with E-state index in [0.29, 0.717) is 12.1 Å². The molecule has 0 bridgehead atoms. The Labute approximate surface area is 142 Å². The van der Waals surface area contributed by atoms with Crippen LogP contribution in [-0.2, 0) is 4.79 Å². The number of aryl methyl sites for hydroxylation is 2. The zero-order chi connectivity index (χ0) is 17.5. The summed E-state index contributed by atoms with van der Waals surface area (Å²) < 4.78 is 0. The quantitative estimate of drug-likeness (QED) is 0.609. The summed E-state index contributed by atoms with van der Waals surface area (Å²) in [6, 6.07) is 5.79. The first-order chi connectivity index (χ1) is 11.5. The number of fused-ring (bicyclic) bond motifs is 1. The second-order valence-electron chi connectivity index (χ2n) is 6.27. The molecule has 0 aliphatic rings. The number of para-hydroxylation sites is 1. The highest BCUT2D eigenvalue weighted by Crippen LogP contribution is 2.24. The minimum atomic E-state index is -0.730. The van der Waals surface area contributed by atoms with Crippen molar-refractivity contribution in [3.63, 3.8) is 0 Å². The SMILES string of the molecule is Cc1[nH]c2c(C(=O)NCCCCCCCC(=O)O)cccc2c1C. The number of carboxylic acids is 1. The second kappa shape index (κ2) is 8.52. The van der Waals surface area contributed by atoms with E-state index < -0.39 is 5.97 Å². The van der Waals surface area contributed by atoms with Gasteiger partial charge in [-0.05, 0) is 38.3 Å². The van der Waals surface area contributed by atoms with E-state index in [9.17, 15) is 9.59 Å². The van der Waals surface area contributed by atoms with E-state index in [4.69, 9.17) is 5.11 Å². The average molecular weight is 330 g/mol. The average Bonchev–Trinajstić information content (AvgIpc) is 2.84. The van der Waals surface area contributed by atoms with Crippen LogP contribution in [-0.4, -0.2) is 28.5 Å². The van der Waals surface area contributed by atoms with Crippen LogP contribution in [0.1, 0.15) is 60.1 Å². The van der Waals surface area contributed by atoms with Crippen molar-refractivity contribution in [1.29, 1.82) is 0 Å². The Balaban J connectivity index is 1.77. The number of aromatic amines is 1. The molecule has 5 heteroatoms. The van der Waals surface area contributed by atoms with Gasteiger partial charge in [-0.25, -0.2) is 0 Å². The molecule has 0 saturated heterocycles. The molecule has 24 heavy (non-hydrogen) atoms. The summed E-state index contributed by atoms with van der Waals surface area (Å²) in [4.78, 5) is 26.1. The molecule has 0 spiro atoms. The molecule has 2 aromatic rings. The third-order valence-corrected chi connectivity index (χ3v) is 4.44. The number of carbonyl (C=O) groups excluding carboxylic acids is 1. The van der Waals surface area contributed by atoms with Crippen LogP contribution in [0.3, 0.4) is 0 Å². The van der Waals surface area contributed by atoms with E-state index in [1.54, 1.807) is 0 Å². The van der Waals surface area contributed by atoms with E-state index in [-0.39, 0.29) is 12.3 Å². The lowest BCUT2D eigenvalue weighted by Crippen LogP contribution is -2.24. The molecular weight excluding hydrogens is 304 g/mol. The molecule has 0 radical (unpaired) electrons. The van der Waals surface area contributed by atoms with Crippen LogP contribution in [0.2, 0.25) is 0 Å². The van der Waals surface area contributed by atoms with Crippen molar-refractivity contribution in [2.75, 3.05) is 6.54 Å². The molecule has 1 aromatic carbocycles. The van der Waals surface area contributed by atoms with Crippen molar-refractivity contribution in [3.8, 4) is 0 Å². The molecule has 1 amide bonds. The maximum atomic E-state index is 12.4. The van der Waals surface area contributed by atoms with Gasteiger partial charge in [-0.1, -0.05) is 31.4 Å². The zero-order valence-corrected chi connectivity index (χ0v) is 14.4. The molecule has 0 aliphatic heterocycles. The van der Waals surface area contributed by atoms with Crippen molar-refractivity contribution in [1.82, 2.24) is 10.3 Å². The van der Waals surface area contributed by atoms with E-state index in [1.165, 1.54) is 5.56 Å². The van der Waals surface area contributed by atoms with E-state index >= 15 is 0 Å². The highest BCUT2D eigenvalue weighted by molar-refractivity contribution is 6.06. The minimum Gasteiger partial charge on any atom is -0.481 e. The van der Waals surface area contributed by atoms with Gasteiger partial charge in [0.1, 0.15) is 0 Å². The Kier molecular flexibility index (Phi) is 6.41. The predicted octanol–water partition coefficient (Wildman–Crippen LogP) is 3.94. The predicted molar refractivity (Wildman–Crippen MR) is 95.4 cm³/mol. The number of hydrogen-bond donors (Lipinski definition) is 3. The molecule has 0 atom stereocenters. The first-order valence-corrected chi connectivity index (χ1v) is 8.58. The number of amides is 1. The molecule has 5 nitrogen and oxygen atoms in total. The molecule has 1 aromatic heterocycles. The van der Waals surface area contributed by atoms with Crippen LogP contribution in [0.15, 0.2) is 18.2 Å². The Morgan fingerprint density at radius 3 is 2.54 bits per heavy atom. The summed E-state index contributed by atoms with van der Waals surface area (Å²) in [5, 5.41) is 12.6. The molecule has 2 rings (SSSR count). The van der Waals surface area contributed by atoms with Gasteiger partial charge in [0, 0.05) is 24.0 Å². The highest BCUT2D eigenvalue weighted by Gasteiger charge is 2.13. The Morgan fingerprint density at radius 1 is 1.08 bits per heavy atom. The van der Waals surface area contributed by atoms with Gasteiger partial charge in [0.15, 0.2) is 0 Å². The molecule has 3 N–H and O–H groups in total. The topological polar surface area (TPSA) is 82.2 Å². The molecule has 0 unspecified atom stereocenters. The van der Waals surface area contributed by atoms with Gasteiger partial charge < -0.3 is 15.4 Å². The first kappa shape index (κ1) is 18.0. The normalized spacial score (nSPS) is 10.9. The van der Waals surface area contributed by atoms with Crippen LogP contribution in [0.5, 0.6) is 0 Å². The summed E-state index contributed by atoms with van der Waals surface area (Å²) in [5.41, 5.74) is 3.86. The van der Waals surface area contributed by atoms with Crippen molar-refractivity contribution in [2.24, 2.45) is 0 Å². The van der Waals surface area contributed by atoms with Crippen LogP contribution in [0.4, 0.5) is 0 Å². The van der Waals surface area contributed by atoms with E-state index in [1.807, 2.05) is 25.1 Å². The van der Waals surface area contributed by atoms with Gasteiger partial charge in [0.25, 0.3) is 5.91 Å². The maximum absolute atomic E-state index is 12.4. The summed E-state index contributed by atoms with van der Waals surface area (Å²) in [7, 11) is 0.